The van der Waals surface area contributed by atoms with Gasteiger partial charge in [0.05, 0.1) is 5.71 Å². The number of ether oxygens (including phenoxy) is 1. The van der Waals surface area contributed by atoms with Gasteiger partial charge in [-0.2, -0.15) is 5.10 Å². The second-order valence-electron chi connectivity index (χ2n) is 7.60. The van der Waals surface area contributed by atoms with Gasteiger partial charge < -0.3 is 14.1 Å². The van der Waals surface area contributed by atoms with E-state index in [-0.39, 0.29) is 18.4 Å². The van der Waals surface area contributed by atoms with Crippen molar-refractivity contribution in [3.05, 3.63) is 83.3 Å². The highest BCUT2D eigenvalue weighted by Gasteiger charge is 2.29. The first-order valence-electron chi connectivity index (χ1n) is 10.5. The van der Waals surface area contributed by atoms with Crippen molar-refractivity contribution in [2.75, 3.05) is 18.6 Å². The fraction of sp³-hybridized carbons (Fsp3) is 0.240. The number of hydrogen-bond donors (Lipinski definition) is 1. The Labute approximate surface area is 186 Å². The molecule has 1 aromatic heterocycles. The lowest BCUT2D eigenvalue weighted by Gasteiger charge is -2.16. The van der Waals surface area contributed by atoms with E-state index < -0.39 is 0 Å². The molecule has 2 aromatic carbocycles. The van der Waals surface area contributed by atoms with Crippen LogP contribution in [-0.4, -0.2) is 31.2 Å². The van der Waals surface area contributed by atoms with Gasteiger partial charge in [0.1, 0.15) is 11.5 Å². The molecule has 7 heteroatoms. The predicted molar refractivity (Wildman–Crippen MR) is 122 cm³/mol. The second-order valence-corrected chi connectivity index (χ2v) is 7.60. The molecule has 3 aromatic rings. The zero-order chi connectivity index (χ0) is 22.5. The maximum Gasteiger partial charge on any atom is 0.294 e. The van der Waals surface area contributed by atoms with E-state index in [2.05, 4.69) is 10.5 Å². The largest absolute Gasteiger partial charge is 0.484 e. The molecule has 164 valence electrons. The number of carbonyl (C=O) groups is 2. The average Bonchev–Trinajstić information content (AvgIpc) is 3.18. The number of furan rings is 1. The van der Waals surface area contributed by atoms with Crippen LogP contribution >= 0.6 is 0 Å². The van der Waals surface area contributed by atoms with Gasteiger partial charge in [-0.05, 0) is 44.0 Å². The minimum Gasteiger partial charge on any atom is -0.484 e. The summed E-state index contributed by atoms with van der Waals surface area (Å²) in [6, 6.07) is 18.5. The molecule has 7 nitrogen and oxygen atoms in total. The number of para-hydroxylation sites is 2. The Balaban J connectivity index is 1.49. The Hall–Kier alpha value is -3.87. The van der Waals surface area contributed by atoms with Gasteiger partial charge in [0.25, 0.3) is 11.8 Å². The number of nitrogens with one attached hydrogen (secondary N) is 1. The molecule has 0 bridgehead atoms. The summed E-state index contributed by atoms with van der Waals surface area (Å²) >= 11 is 0. The number of anilines is 1. The number of carbonyl (C=O) groups excluding carboxylic acids is 2. The van der Waals surface area contributed by atoms with Crippen molar-refractivity contribution < 1.29 is 18.7 Å². The molecule has 0 radical (unpaired) electrons. The summed E-state index contributed by atoms with van der Waals surface area (Å²) in [5, 5.41) is 4.33. The maximum atomic E-state index is 13.1. The summed E-state index contributed by atoms with van der Waals surface area (Å²) in [6.45, 7) is 1.72. The minimum atomic E-state index is -0.352. The van der Waals surface area contributed by atoms with Crippen LogP contribution in [0.15, 0.2) is 70.2 Å². The monoisotopic (exact) mass is 431 g/mol. The van der Waals surface area contributed by atoms with Crippen LogP contribution in [0.3, 0.4) is 0 Å². The van der Waals surface area contributed by atoms with E-state index in [1.54, 1.807) is 24.1 Å². The highest BCUT2D eigenvalue weighted by Crippen LogP contribution is 2.31. The predicted octanol–water partition coefficient (Wildman–Crippen LogP) is 4.10. The van der Waals surface area contributed by atoms with Crippen molar-refractivity contribution in [2.24, 2.45) is 5.10 Å². The smallest absolute Gasteiger partial charge is 0.294 e. The molecule has 0 saturated carbocycles. The van der Waals surface area contributed by atoms with Crippen molar-refractivity contribution in [2.45, 2.75) is 26.2 Å². The third-order valence-electron chi connectivity index (χ3n) is 5.40. The lowest BCUT2D eigenvalue weighted by Crippen LogP contribution is -2.27. The summed E-state index contributed by atoms with van der Waals surface area (Å²) in [7, 11) is 1.72. The molecular weight excluding hydrogens is 406 g/mol. The minimum absolute atomic E-state index is 0.135. The fourth-order valence-corrected chi connectivity index (χ4v) is 3.73. The number of nitrogens with zero attached hydrogens (tertiary/aromatic N) is 2. The van der Waals surface area contributed by atoms with Crippen molar-refractivity contribution in [1.82, 2.24) is 5.43 Å². The molecule has 0 unspecified atom stereocenters. The van der Waals surface area contributed by atoms with E-state index in [4.69, 9.17) is 9.15 Å². The summed E-state index contributed by atoms with van der Waals surface area (Å²) < 4.78 is 11.4. The lowest BCUT2D eigenvalue weighted by atomic mass is 9.93. The average molecular weight is 431 g/mol. The van der Waals surface area contributed by atoms with Crippen LogP contribution in [0.5, 0.6) is 5.75 Å². The van der Waals surface area contributed by atoms with Gasteiger partial charge in [0, 0.05) is 30.3 Å². The highest BCUT2D eigenvalue weighted by molar-refractivity contribution is 6.10. The van der Waals surface area contributed by atoms with Crippen molar-refractivity contribution in [3.8, 4) is 5.75 Å². The van der Waals surface area contributed by atoms with E-state index >= 15 is 0 Å². The molecule has 2 amide bonds. The van der Waals surface area contributed by atoms with E-state index in [1.807, 2.05) is 55.5 Å². The number of rotatable bonds is 6. The van der Waals surface area contributed by atoms with Crippen LogP contribution in [-0.2, 0) is 11.2 Å². The SMILES string of the molecule is Cc1c(C(=O)N(C)c2ccccc2)oc2c1/C(=N/NC(=O)COc1ccccc1)CCC2. The van der Waals surface area contributed by atoms with Crippen LogP contribution in [0.4, 0.5) is 5.69 Å². The normalized spacial score (nSPS) is 14.0. The highest BCUT2D eigenvalue weighted by atomic mass is 16.5. The summed E-state index contributed by atoms with van der Waals surface area (Å²) in [4.78, 5) is 26.8. The van der Waals surface area contributed by atoms with Gasteiger partial charge in [-0.1, -0.05) is 36.4 Å². The number of benzene rings is 2. The Kier molecular flexibility index (Phi) is 6.35. The molecule has 1 aliphatic carbocycles. The number of hydrazone groups is 1. The molecule has 1 heterocycles. The van der Waals surface area contributed by atoms with Gasteiger partial charge in [-0.25, -0.2) is 5.43 Å². The molecule has 0 fully saturated rings. The molecular formula is C25H25N3O4. The van der Waals surface area contributed by atoms with E-state index in [0.717, 1.165) is 35.4 Å². The molecule has 1 N–H and O–H groups in total. The van der Waals surface area contributed by atoms with Crippen molar-refractivity contribution >= 4 is 23.2 Å². The van der Waals surface area contributed by atoms with E-state index in [9.17, 15) is 9.59 Å². The van der Waals surface area contributed by atoms with Crippen LogP contribution in [0.2, 0.25) is 0 Å². The zero-order valence-corrected chi connectivity index (χ0v) is 18.1. The van der Waals surface area contributed by atoms with Crippen molar-refractivity contribution in [1.29, 1.82) is 0 Å². The summed E-state index contributed by atoms with van der Waals surface area (Å²) in [6.07, 6.45) is 2.25. The summed E-state index contributed by atoms with van der Waals surface area (Å²) in [5.74, 6) is 1.07. The first-order valence-corrected chi connectivity index (χ1v) is 10.5. The summed E-state index contributed by atoms with van der Waals surface area (Å²) in [5.41, 5.74) is 5.61. The third kappa shape index (κ3) is 4.56. The Bertz CT molecular complexity index is 1140. The third-order valence-corrected chi connectivity index (χ3v) is 5.40. The number of hydrogen-bond acceptors (Lipinski definition) is 5. The molecule has 0 saturated heterocycles. The van der Waals surface area contributed by atoms with Crippen LogP contribution in [0.1, 0.15) is 40.3 Å². The van der Waals surface area contributed by atoms with Gasteiger partial charge in [0.2, 0.25) is 0 Å². The Morgan fingerprint density at radius 2 is 1.75 bits per heavy atom. The van der Waals surface area contributed by atoms with E-state index in [0.29, 0.717) is 23.6 Å². The molecule has 4 rings (SSSR count). The molecule has 0 aliphatic heterocycles. The van der Waals surface area contributed by atoms with Gasteiger partial charge >= 0.3 is 0 Å². The topological polar surface area (TPSA) is 84.1 Å². The standard InChI is InChI=1S/C25H25N3O4/c1-17-23-20(26-27-22(29)16-31-19-12-7-4-8-13-19)14-9-15-21(23)32-24(17)25(30)28(2)18-10-5-3-6-11-18/h3-8,10-13H,9,14-16H2,1-2H3,(H,27,29)/b26-20+. The second kappa shape index (κ2) is 9.51. The Morgan fingerprint density at radius 1 is 1.06 bits per heavy atom. The van der Waals surface area contributed by atoms with E-state index in [1.165, 1.54) is 0 Å². The number of fused-ring (bicyclic) bond motifs is 1. The molecule has 1 aliphatic rings. The van der Waals surface area contributed by atoms with Gasteiger partial charge in [0.15, 0.2) is 12.4 Å². The van der Waals surface area contributed by atoms with Crippen LogP contribution in [0, 0.1) is 6.92 Å². The zero-order valence-electron chi connectivity index (χ0n) is 18.1. The van der Waals surface area contributed by atoms with Crippen LogP contribution < -0.4 is 15.1 Å². The molecule has 0 spiro atoms. The quantitative estimate of drug-likeness (QED) is 0.596. The first kappa shape index (κ1) is 21.4. The molecule has 32 heavy (non-hydrogen) atoms. The molecule has 0 atom stereocenters. The lowest BCUT2D eigenvalue weighted by molar-refractivity contribution is -0.123. The fourth-order valence-electron chi connectivity index (χ4n) is 3.73. The van der Waals surface area contributed by atoms with Gasteiger partial charge in [-0.3, -0.25) is 9.59 Å². The first-order chi connectivity index (χ1) is 15.5. The van der Waals surface area contributed by atoms with Crippen molar-refractivity contribution in [3.63, 3.8) is 0 Å². The van der Waals surface area contributed by atoms with Gasteiger partial charge in [-0.15, -0.1) is 0 Å². The van der Waals surface area contributed by atoms with Crippen LogP contribution in [0.25, 0.3) is 0 Å². The number of amides is 2. The number of aryl methyl sites for hydroxylation is 1. The maximum absolute atomic E-state index is 13.1. The Morgan fingerprint density at radius 3 is 2.47 bits per heavy atom.